The Morgan fingerprint density at radius 2 is 1.88 bits per heavy atom. The summed E-state index contributed by atoms with van der Waals surface area (Å²) in [5, 5.41) is 4.89. The Morgan fingerprint density at radius 1 is 1.16 bits per heavy atom. The second-order valence-electron chi connectivity index (χ2n) is 5.26. The third-order valence-electron chi connectivity index (χ3n) is 3.53. The van der Waals surface area contributed by atoms with Gasteiger partial charge >= 0.3 is 0 Å². The summed E-state index contributed by atoms with van der Waals surface area (Å²) in [5.74, 6) is -0.148. The van der Waals surface area contributed by atoms with Crippen LogP contribution in [0.2, 0.25) is 0 Å². The fraction of sp³-hybridized carbons (Fsp3) is 0.111. The Bertz CT molecular complexity index is 808. The number of hydrogen-bond donors (Lipinski definition) is 2. The Kier molecular flexibility index (Phi) is 8.06. The lowest BCUT2D eigenvalue weighted by atomic mass is 9.98. The Labute approximate surface area is 163 Å². The molecule has 0 unspecified atom stereocenters. The van der Waals surface area contributed by atoms with Crippen LogP contribution in [-0.4, -0.2) is 10.9 Å². The number of halogens is 2. The SMILES string of the molecule is C[C@H](N)c1ccc(C(=O)Nc2ccncc2)cc1-c1cccs1.Cl.Cl. The molecule has 25 heavy (non-hydrogen) atoms. The summed E-state index contributed by atoms with van der Waals surface area (Å²) >= 11 is 1.64. The van der Waals surface area contributed by atoms with Gasteiger partial charge in [-0.1, -0.05) is 12.1 Å². The minimum absolute atomic E-state index is 0. The molecule has 3 N–H and O–H groups in total. The third kappa shape index (κ3) is 5.03. The fourth-order valence-electron chi connectivity index (χ4n) is 2.38. The van der Waals surface area contributed by atoms with Crippen LogP contribution < -0.4 is 11.1 Å². The molecule has 1 aromatic carbocycles. The molecule has 1 atom stereocenters. The first-order chi connectivity index (χ1) is 11.1. The summed E-state index contributed by atoms with van der Waals surface area (Å²) in [6.07, 6.45) is 3.29. The zero-order valence-electron chi connectivity index (χ0n) is 13.5. The van der Waals surface area contributed by atoms with E-state index in [1.54, 1.807) is 35.9 Å². The van der Waals surface area contributed by atoms with Crippen LogP contribution in [-0.2, 0) is 0 Å². The number of anilines is 1. The molecule has 0 radical (unpaired) electrons. The molecule has 0 saturated carbocycles. The predicted octanol–water partition coefficient (Wildman–Crippen LogP) is 4.93. The number of benzene rings is 1. The van der Waals surface area contributed by atoms with Gasteiger partial charge in [0.2, 0.25) is 0 Å². The lowest BCUT2D eigenvalue weighted by molar-refractivity contribution is 0.102. The lowest BCUT2D eigenvalue weighted by Gasteiger charge is -2.14. The Balaban J connectivity index is 0.00000156. The molecule has 0 aliphatic carbocycles. The smallest absolute Gasteiger partial charge is 0.255 e. The van der Waals surface area contributed by atoms with Gasteiger partial charge in [0.15, 0.2) is 0 Å². The van der Waals surface area contributed by atoms with Crippen molar-refractivity contribution >= 4 is 47.7 Å². The van der Waals surface area contributed by atoms with Gasteiger partial charge in [-0.05, 0) is 53.8 Å². The van der Waals surface area contributed by atoms with Crippen LogP contribution >= 0.6 is 36.2 Å². The highest BCUT2D eigenvalue weighted by molar-refractivity contribution is 7.13. The van der Waals surface area contributed by atoms with E-state index in [0.29, 0.717) is 5.56 Å². The first-order valence-corrected chi connectivity index (χ1v) is 8.18. The van der Waals surface area contributed by atoms with Gasteiger partial charge < -0.3 is 11.1 Å². The van der Waals surface area contributed by atoms with Gasteiger partial charge in [0.1, 0.15) is 0 Å². The maximum atomic E-state index is 12.5. The first kappa shape index (κ1) is 21.1. The van der Waals surface area contributed by atoms with E-state index in [1.165, 1.54) is 0 Å². The standard InChI is InChI=1S/C18H17N3OS.2ClH/c1-12(19)15-5-4-13(11-16(15)17-3-2-10-23-17)18(22)21-14-6-8-20-9-7-14;;/h2-12H,19H2,1H3,(H,20,21,22);2*1H/t12-;;/m0../s1. The molecule has 0 spiro atoms. The van der Waals surface area contributed by atoms with E-state index in [9.17, 15) is 4.79 Å². The van der Waals surface area contributed by atoms with Crippen molar-refractivity contribution in [2.24, 2.45) is 5.73 Å². The van der Waals surface area contributed by atoms with Crippen molar-refractivity contribution in [3.8, 4) is 10.4 Å². The molecule has 7 heteroatoms. The first-order valence-electron chi connectivity index (χ1n) is 7.30. The van der Waals surface area contributed by atoms with Crippen LogP contribution in [0.4, 0.5) is 5.69 Å². The molecule has 0 aliphatic rings. The molecule has 0 bridgehead atoms. The van der Waals surface area contributed by atoms with Crippen molar-refractivity contribution < 1.29 is 4.79 Å². The molecule has 3 rings (SSSR count). The number of carbonyl (C=O) groups is 1. The molecular weight excluding hydrogens is 377 g/mol. The molecule has 2 aromatic heterocycles. The summed E-state index contributed by atoms with van der Waals surface area (Å²) in [6.45, 7) is 1.95. The van der Waals surface area contributed by atoms with Crippen LogP contribution in [0.15, 0.2) is 60.2 Å². The summed E-state index contributed by atoms with van der Waals surface area (Å²) < 4.78 is 0. The number of thiophene rings is 1. The number of rotatable bonds is 4. The summed E-state index contributed by atoms with van der Waals surface area (Å²) in [4.78, 5) is 17.5. The minimum atomic E-state index is -0.148. The normalized spacial score (nSPS) is 11.0. The average Bonchev–Trinajstić information content (AvgIpc) is 3.09. The number of hydrogen-bond acceptors (Lipinski definition) is 4. The molecule has 132 valence electrons. The molecule has 0 saturated heterocycles. The van der Waals surface area contributed by atoms with Crippen LogP contribution in [0.3, 0.4) is 0 Å². The molecule has 2 heterocycles. The van der Waals surface area contributed by atoms with Crippen molar-refractivity contribution in [2.75, 3.05) is 5.32 Å². The highest BCUT2D eigenvalue weighted by Gasteiger charge is 2.14. The van der Waals surface area contributed by atoms with E-state index in [-0.39, 0.29) is 36.8 Å². The van der Waals surface area contributed by atoms with Crippen LogP contribution in [0, 0.1) is 0 Å². The zero-order valence-corrected chi connectivity index (χ0v) is 16.0. The van der Waals surface area contributed by atoms with E-state index in [0.717, 1.165) is 21.7 Å². The minimum Gasteiger partial charge on any atom is -0.324 e. The van der Waals surface area contributed by atoms with Crippen LogP contribution in [0.25, 0.3) is 10.4 Å². The number of carbonyl (C=O) groups excluding carboxylic acids is 1. The second kappa shape index (κ2) is 9.53. The number of amides is 1. The van der Waals surface area contributed by atoms with E-state index in [4.69, 9.17) is 5.73 Å². The Hall–Kier alpha value is -1.92. The number of pyridine rings is 1. The molecule has 0 aliphatic heterocycles. The Morgan fingerprint density at radius 3 is 2.48 bits per heavy atom. The van der Waals surface area contributed by atoms with E-state index in [1.807, 2.05) is 42.6 Å². The fourth-order valence-corrected chi connectivity index (χ4v) is 3.14. The molecule has 4 nitrogen and oxygen atoms in total. The maximum Gasteiger partial charge on any atom is 0.255 e. The van der Waals surface area contributed by atoms with Gasteiger partial charge in [0, 0.05) is 34.6 Å². The van der Waals surface area contributed by atoms with Gasteiger partial charge in [-0.3, -0.25) is 9.78 Å². The average molecular weight is 396 g/mol. The van der Waals surface area contributed by atoms with Crippen molar-refractivity contribution in [3.05, 3.63) is 71.4 Å². The van der Waals surface area contributed by atoms with Gasteiger partial charge in [-0.2, -0.15) is 0 Å². The quantitative estimate of drug-likeness (QED) is 0.657. The number of nitrogens with one attached hydrogen (secondary N) is 1. The third-order valence-corrected chi connectivity index (χ3v) is 4.43. The van der Waals surface area contributed by atoms with Crippen molar-refractivity contribution in [1.82, 2.24) is 4.98 Å². The van der Waals surface area contributed by atoms with Crippen LogP contribution in [0.5, 0.6) is 0 Å². The molecule has 3 aromatic rings. The summed E-state index contributed by atoms with van der Waals surface area (Å²) in [5.41, 5.74) is 9.44. The number of nitrogens with zero attached hydrogens (tertiary/aromatic N) is 1. The van der Waals surface area contributed by atoms with E-state index in [2.05, 4.69) is 10.3 Å². The van der Waals surface area contributed by atoms with Gasteiger partial charge in [-0.25, -0.2) is 0 Å². The van der Waals surface area contributed by atoms with Gasteiger partial charge in [0.25, 0.3) is 5.91 Å². The van der Waals surface area contributed by atoms with Crippen molar-refractivity contribution in [3.63, 3.8) is 0 Å². The van der Waals surface area contributed by atoms with E-state index < -0.39 is 0 Å². The second-order valence-corrected chi connectivity index (χ2v) is 6.21. The highest BCUT2D eigenvalue weighted by atomic mass is 35.5. The highest BCUT2D eigenvalue weighted by Crippen LogP contribution is 2.32. The summed E-state index contributed by atoms with van der Waals surface area (Å²) in [7, 11) is 0. The van der Waals surface area contributed by atoms with Crippen LogP contribution in [0.1, 0.15) is 28.9 Å². The van der Waals surface area contributed by atoms with Gasteiger partial charge in [-0.15, -0.1) is 36.2 Å². The number of nitrogens with two attached hydrogens (primary N) is 1. The monoisotopic (exact) mass is 395 g/mol. The summed E-state index contributed by atoms with van der Waals surface area (Å²) in [6, 6.07) is 13.1. The van der Waals surface area contributed by atoms with Crippen molar-refractivity contribution in [1.29, 1.82) is 0 Å². The van der Waals surface area contributed by atoms with Crippen molar-refractivity contribution in [2.45, 2.75) is 13.0 Å². The number of aromatic nitrogens is 1. The zero-order chi connectivity index (χ0) is 16.2. The van der Waals surface area contributed by atoms with Gasteiger partial charge in [0.05, 0.1) is 0 Å². The topological polar surface area (TPSA) is 68.0 Å². The predicted molar refractivity (Wildman–Crippen MR) is 109 cm³/mol. The lowest BCUT2D eigenvalue weighted by Crippen LogP contribution is -2.13. The molecule has 1 amide bonds. The van der Waals surface area contributed by atoms with E-state index >= 15 is 0 Å². The molecule has 0 fully saturated rings. The maximum absolute atomic E-state index is 12.5. The molecular formula is C18H19Cl2N3OS. The largest absolute Gasteiger partial charge is 0.324 e.